The van der Waals surface area contributed by atoms with Crippen LogP contribution in [0.3, 0.4) is 0 Å². The second-order valence-electron chi connectivity index (χ2n) is 4.12. The molecule has 2 rings (SSSR count). The third-order valence-electron chi connectivity index (χ3n) is 2.69. The van der Waals surface area contributed by atoms with Crippen LogP contribution in [0, 0.1) is 6.92 Å². The highest BCUT2D eigenvalue weighted by Crippen LogP contribution is 2.20. The van der Waals surface area contributed by atoms with Crippen LogP contribution in [-0.2, 0) is 0 Å². The smallest absolute Gasteiger partial charge is 0.166 e. The maximum Gasteiger partial charge on any atom is 0.166 e. The minimum atomic E-state index is 0.0981. The van der Waals surface area contributed by atoms with Crippen molar-refractivity contribution in [2.75, 3.05) is 5.32 Å². The summed E-state index contributed by atoms with van der Waals surface area (Å²) in [5.41, 5.74) is 2.47. The van der Waals surface area contributed by atoms with Gasteiger partial charge in [0.1, 0.15) is 5.82 Å². The van der Waals surface area contributed by atoms with E-state index in [1.807, 2.05) is 56.3 Å². The van der Waals surface area contributed by atoms with Gasteiger partial charge in [-0.25, -0.2) is 4.98 Å². The number of Topliss-reactive ketones (excluding diaryl/α,β-unsaturated/α-hetero) is 1. The molecule has 0 saturated carbocycles. The molecule has 0 spiro atoms. The van der Waals surface area contributed by atoms with E-state index in [1.165, 1.54) is 0 Å². The Morgan fingerprint density at radius 3 is 2.56 bits per heavy atom. The normalized spacial score (nSPS) is 10.1. The zero-order valence-corrected chi connectivity index (χ0v) is 10.6. The molecule has 0 unspecified atom stereocenters. The quantitative estimate of drug-likeness (QED) is 0.828. The zero-order valence-electron chi connectivity index (χ0n) is 10.6. The molecule has 92 valence electrons. The van der Waals surface area contributed by atoms with Gasteiger partial charge >= 0.3 is 0 Å². The van der Waals surface area contributed by atoms with E-state index >= 15 is 0 Å². The second kappa shape index (κ2) is 5.45. The number of aryl methyl sites for hydroxylation is 1. The molecule has 0 amide bonds. The number of rotatable bonds is 4. The van der Waals surface area contributed by atoms with E-state index < -0.39 is 0 Å². The van der Waals surface area contributed by atoms with Crippen molar-refractivity contribution in [2.45, 2.75) is 20.3 Å². The van der Waals surface area contributed by atoms with E-state index in [2.05, 4.69) is 10.3 Å². The summed E-state index contributed by atoms with van der Waals surface area (Å²) in [7, 11) is 0. The largest absolute Gasteiger partial charge is 0.340 e. The van der Waals surface area contributed by atoms with Gasteiger partial charge in [-0.15, -0.1) is 0 Å². The van der Waals surface area contributed by atoms with Crippen LogP contribution in [0.4, 0.5) is 11.5 Å². The molecular formula is C15H16N2O. The van der Waals surface area contributed by atoms with Gasteiger partial charge in [0.15, 0.2) is 5.78 Å². The summed E-state index contributed by atoms with van der Waals surface area (Å²) in [5, 5.41) is 3.20. The van der Waals surface area contributed by atoms with E-state index in [0.717, 1.165) is 11.4 Å². The first-order valence-electron chi connectivity index (χ1n) is 6.03. The van der Waals surface area contributed by atoms with E-state index in [0.29, 0.717) is 17.8 Å². The van der Waals surface area contributed by atoms with Crippen LogP contribution in [-0.4, -0.2) is 10.8 Å². The SMILES string of the molecule is CCC(=O)c1ccc(C)nc1Nc1ccccc1. The zero-order chi connectivity index (χ0) is 13.0. The Labute approximate surface area is 107 Å². The number of anilines is 2. The first-order chi connectivity index (χ1) is 8.70. The Morgan fingerprint density at radius 2 is 1.89 bits per heavy atom. The summed E-state index contributed by atoms with van der Waals surface area (Å²) in [6.45, 7) is 3.77. The van der Waals surface area contributed by atoms with Gasteiger partial charge in [-0.3, -0.25) is 4.79 Å². The number of nitrogens with zero attached hydrogens (tertiary/aromatic N) is 1. The highest BCUT2D eigenvalue weighted by Gasteiger charge is 2.11. The lowest BCUT2D eigenvalue weighted by molar-refractivity contribution is 0.0988. The number of pyridine rings is 1. The van der Waals surface area contributed by atoms with Crippen molar-refractivity contribution in [2.24, 2.45) is 0 Å². The van der Waals surface area contributed by atoms with Gasteiger partial charge in [-0.1, -0.05) is 25.1 Å². The van der Waals surface area contributed by atoms with Gasteiger partial charge in [0.25, 0.3) is 0 Å². The summed E-state index contributed by atoms with van der Waals surface area (Å²) >= 11 is 0. The maximum absolute atomic E-state index is 11.9. The lowest BCUT2D eigenvalue weighted by atomic mass is 10.1. The average molecular weight is 240 g/mol. The predicted octanol–water partition coefficient (Wildman–Crippen LogP) is 3.73. The van der Waals surface area contributed by atoms with Crippen LogP contribution >= 0.6 is 0 Å². The summed E-state index contributed by atoms with van der Waals surface area (Å²) < 4.78 is 0. The number of hydrogen-bond donors (Lipinski definition) is 1. The number of benzene rings is 1. The van der Waals surface area contributed by atoms with Gasteiger partial charge in [-0.2, -0.15) is 0 Å². The van der Waals surface area contributed by atoms with Crippen molar-refractivity contribution in [3.8, 4) is 0 Å². The van der Waals surface area contributed by atoms with Gasteiger partial charge < -0.3 is 5.32 Å². The Kier molecular flexibility index (Phi) is 3.72. The Morgan fingerprint density at radius 1 is 1.17 bits per heavy atom. The summed E-state index contributed by atoms with van der Waals surface area (Å²) in [4.78, 5) is 16.3. The van der Waals surface area contributed by atoms with Gasteiger partial charge in [0.2, 0.25) is 0 Å². The van der Waals surface area contributed by atoms with Gasteiger partial charge in [0, 0.05) is 17.8 Å². The molecule has 18 heavy (non-hydrogen) atoms. The lowest BCUT2D eigenvalue weighted by Gasteiger charge is -2.10. The van der Waals surface area contributed by atoms with E-state index in [9.17, 15) is 4.79 Å². The van der Waals surface area contributed by atoms with E-state index in [4.69, 9.17) is 0 Å². The van der Waals surface area contributed by atoms with Crippen LogP contribution in [0.15, 0.2) is 42.5 Å². The molecule has 1 aromatic heterocycles. The molecule has 2 aromatic rings. The molecule has 3 nitrogen and oxygen atoms in total. The predicted molar refractivity (Wildman–Crippen MR) is 73.3 cm³/mol. The maximum atomic E-state index is 11.9. The van der Waals surface area contributed by atoms with Crippen molar-refractivity contribution >= 4 is 17.3 Å². The molecule has 1 N–H and O–H groups in total. The van der Waals surface area contributed by atoms with Gasteiger partial charge in [0.05, 0.1) is 5.56 Å². The van der Waals surface area contributed by atoms with E-state index in [-0.39, 0.29) is 5.78 Å². The number of ketones is 1. The third-order valence-corrected chi connectivity index (χ3v) is 2.69. The average Bonchev–Trinajstić information content (AvgIpc) is 2.39. The molecule has 0 aliphatic heterocycles. The minimum Gasteiger partial charge on any atom is -0.340 e. The first kappa shape index (κ1) is 12.3. The molecule has 0 bridgehead atoms. The number of carbonyl (C=O) groups is 1. The molecule has 0 fully saturated rings. The fraction of sp³-hybridized carbons (Fsp3) is 0.200. The van der Waals surface area contributed by atoms with Gasteiger partial charge in [-0.05, 0) is 31.2 Å². The molecule has 1 aromatic carbocycles. The van der Waals surface area contributed by atoms with Crippen LogP contribution in [0.5, 0.6) is 0 Å². The molecule has 1 heterocycles. The summed E-state index contributed by atoms with van der Waals surface area (Å²) in [5.74, 6) is 0.731. The number of nitrogens with one attached hydrogen (secondary N) is 1. The molecular weight excluding hydrogens is 224 g/mol. The lowest BCUT2D eigenvalue weighted by Crippen LogP contribution is -2.05. The molecule has 0 saturated heterocycles. The van der Waals surface area contributed by atoms with Crippen LogP contribution in [0.2, 0.25) is 0 Å². The summed E-state index contributed by atoms with van der Waals surface area (Å²) in [6.07, 6.45) is 0.480. The van der Waals surface area contributed by atoms with Crippen LogP contribution in [0.25, 0.3) is 0 Å². The highest BCUT2D eigenvalue weighted by atomic mass is 16.1. The monoisotopic (exact) mass is 240 g/mol. The van der Waals surface area contributed by atoms with Crippen LogP contribution < -0.4 is 5.32 Å². The van der Waals surface area contributed by atoms with E-state index in [1.54, 1.807) is 0 Å². The van der Waals surface area contributed by atoms with Crippen LogP contribution in [0.1, 0.15) is 29.4 Å². The first-order valence-corrected chi connectivity index (χ1v) is 6.03. The van der Waals surface area contributed by atoms with Crippen molar-refractivity contribution in [1.82, 2.24) is 4.98 Å². The Hall–Kier alpha value is -2.16. The van der Waals surface area contributed by atoms with Crippen molar-refractivity contribution in [1.29, 1.82) is 0 Å². The molecule has 0 radical (unpaired) electrons. The molecule has 0 aliphatic carbocycles. The number of carbonyl (C=O) groups excluding carboxylic acids is 1. The Bertz CT molecular complexity index is 550. The van der Waals surface area contributed by atoms with Crippen molar-refractivity contribution < 1.29 is 4.79 Å². The second-order valence-corrected chi connectivity index (χ2v) is 4.12. The number of hydrogen-bond acceptors (Lipinski definition) is 3. The van der Waals surface area contributed by atoms with Crippen molar-refractivity contribution in [3.05, 3.63) is 53.7 Å². The molecule has 3 heteroatoms. The molecule has 0 atom stereocenters. The number of para-hydroxylation sites is 1. The standard InChI is InChI=1S/C15H16N2O/c1-3-14(18)13-10-9-11(2)16-15(13)17-12-7-5-4-6-8-12/h4-10H,3H2,1-2H3,(H,16,17). The fourth-order valence-electron chi connectivity index (χ4n) is 1.73. The highest BCUT2D eigenvalue weighted by molar-refractivity contribution is 6.00. The van der Waals surface area contributed by atoms with Crippen molar-refractivity contribution in [3.63, 3.8) is 0 Å². The number of aromatic nitrogens is 1. The topological polar surface area (TPSA) is 42.0 Å². The fourth-order valence-corrected chi connectivity index (χ4v) is 1.73. The third kappa shape index (κ3) is 2.74. The summed E-state index contributed by atoms with van der Waals surface area (Å²) in [6, 6.07) is 13.4. The minimum absolute atomic E-state index is 0.0981. The Balaban J connectivity index is 2.36. The molecule has 0 aliphatic rings.